The number of benzene rings is 1. The van der Waals surface area contributed by atoms with E-state index in [9.17, 15) is 0 Å². The van der Waals surface area contributed by atoms with Crippen molar-refractivity contribution in [3.8, 4) is 5.75 Å². The molecule has 0 aliphatic carbocycles. The van der Waals surface area contributed by atoms with Crippen molar-refractivity contribution >= 4 is 15.9 Å². The summed E-state index contributed by atoms with van der Waals surface area (Å²) < 4.78 is 6.52. The van der Waals surface area contributed by atoms with Gasteiger partial charge in [-0.25, -0.2) is 0 Å². The number of ether oxygens (including phenoxy) is 1. The fraction of sp³-hybridized carbons (Fsp3) is 0.500. The molecular formula is C12H17BrO. The summed E-state index contributed by atoms with van der Waals surface area (Å²) in [6.07, 6.45) is 1.06. The summed E-state index contributed by atoms with van der Waals surface area (Å²) in [5.74, 6) is 1.65. The van der Waals surface area contributed by atoms with Gasteiger partial charge in [0.15, 0.2) is 0 Å². The van der Waals surface area contributed by atoms with Crippen molar-refractivity contribution in [1.82, 2.24) is 0 Å². The molecule has 0 spiro atoms. The number of halogens is 1. The Hall–Kier alpha value is -0.500. The van der Waals surface area contributed by atoms with Crippen molar-refractivity contribution < 1.29 is 4.74 Å². The molecule has 0 saturated carbocycles. The van der Waals surface area contributed by atoms with Gasteiger partial charge in [-0.15, -0.1) is 0 Å². The molecule has 0 fully saturated rings. The van der Waals surface area contributed by atoms with E-state index in [-0.39, 0.29) is 0 Å². The van der Waals surface area contributed by atoms with Crippen LogP contribution in [0.5, 0.6) is 5.75 Å². The molecular weight excluding hydrogens is 240 g/mol. The van der Waals surface area contributed by atoms with Crippen LogP contribution in [-0.4, -0.2) is 7.11 Å². The Bertz CT molecular complexity index is 318. The minimum absolute atomic E-state index is 0.651. The molecule has 0 bridgehead atoms. The van der Waals surface area contributed by atoms with Gasteiger partial charge in [0, 0.05) is 4.47 Å². The lowest BCUT2D eigenvalue weighted by atomic mass is 10.0. The van der Waals surface area contributed by atoms with Gasteiger partial charge >= 0.3 is 0 Å². The maximum absolute atomic E-state index is 5.36. The molecule has 1 rings (SSSR count). The number of rotatable bonds is 3. The topological polar surface area (TPSA) is 9.23 Å². The van der Waals surface area contributed by atoms with E-state index in [1.165, 1.54) is 11.1 Å². The Balaban J connectivity index is 3.07. The second-order valence-corrected chi connectivity index (χ2v) is 4.87. The summed E-state index contributed by atoms with van der Waals surface area (Å²) in [5, 5.41) is 0. The quantitative estimate of drug-likeness (QED) is 0.796. The van der Waals surface area contributed by atoms with Gasteiger partial charge in [0.2, 0.25) is 0 Å². The highest BCUT2D eigenvalue weighted by Gasteiger charge is 2.07. The monoisotopic (exact) mass is 256 g/mol. The van der Waals surface area contributed by atoms with E-state index >= 15 is 0 Å². The standard InChI is InChI=1S/C12H17BrO/c1-8(2)5-10-7-11(13)9(3)6-12(10)14-4/h6-8H,5H2,1-4H3. The van der Waals surface area contributed by atoms with Crippen LogP contribution in [0.1, 0.15) is 25.0 Å². The second kappa shape index (κ2) is 4.83. The second-order valence-electron chi connectivity index (χ2n) is 4.01. The largest absolute Gasteiger partial charge is 0.496 e. The van der Waals surface area contributed by atoms with Gasteiger partial charge in [-0.1, -0.05) is 29.8 Å². The predicted octanol–water partition coefficient (Wildman–Crippen LogP) is 3.96. The van der Waals surface area contributed by atoms with Gasteiger partial charge in [-0.05, 0) is 42.5 Å². The zero-order chi connectivity index (χ0) is 10.7. The smallest absolute Gasteiger partial charge is 0.122 e. The molecule has 0 heterocycles. The summed E-state index contributed by atoms with van der Waals surface area (Å²) in [6, 6.07) is 4.25. The predicted molar refractivity (Wildman–Crippen MR) is 64.0 cm³/mol. The lowest BCUT2D eigenvalue weighted by molar-refractivity contribution is 0.406. The van der Waals surface area contributed by atoms with Crippen LogP contribution >= 0.6 is 15.9 Å². The van der Waals surface area contributed by atoms with Gasteiger partial charge in [0.1, 0.15) is 5.75 Å². The fourth-order valence-corrected chi connectivity index (χ4v) is 1.88. The van der Waals surface area contributed by atoms with Gasteiger partial charge in [-0.3, -0.25) is 0 Å². The van der Waals surface area contributed by atoms with Crippen molar-refractivity contribution in [1.29, 1.82) is 0 Å². The Kier molecular flexibility index (Phi) is 3.99. The van der Waals surface area contributed by atoms with E-state index in [0.29, 0.717) is 5.92 Å². The average Bonchev–Trinajstić information content (AvgIpc) is 2.10. The van der Waals surface area contributed by atoms with Crippen LogP contribution in [0.15, 0.2) is 16.6 Å². The van der Waals surface area contributed by atoms with Crippen LogP contribution < -0.4 is 4.74 Å². The summed E-state index contributed by atoms with van der Waals surface area (Å²) in [7, 11) is 1.73. The highest BCUT2D eigenvalue weighted by atomic mass is 79.9. The molecule has 0 aromatic heterocycles. The summed E-state index contributed by atoms with van der Waals surface area (Å²) in [5.41, 5.74) is 2.49. The normalized spacial score (nSPS) is 10.7. The number of aryl methyl sites for hydroxylation is 1. The number of hydrogen-bond acceptors (Lipinski definition) is 1. The average molecular weight is 257 g/mol. The summed E-state index contributed by atoms with van der Waals surface area (Å²) in [4.78, 5) is 0. The van der Waals surface area contributed by atoms with Crippen molar-refractivity contribution in [3.63, 3.8) is 0 Å². The van der Waals surface area contributed by atoms with Gasteiger partial charge in [0.05, 0.1) is 7.11 Å². The minimum atomic E-state index is 0.651. The highest BCUT2D eigenvalue weighted by molar-refractivity contribution is 9.10. The van der Waals surface area contributed by atoms with Crippen LogP contribution in [0, 0.1) is 12.8 Å². The third-order valence-electron chi connectivity index (χ3n) is 2.19. The molecule has 0 aliphatic rings. The molecule has 14 heavy (non-hydrogen) atoms. The van der Waals surface area contributed by atoms with E-state index in [1.54, 1.807) is 7.11 Å². The molecule has 78 valence electrons. The van der Waals surface area contributed by atoms with Gasteiger partial charge in [-0.2, -0.15) is 0 Å². The molecule has 1 aromatic rings. The minimum Gasteiger partial charge on any atom is -0.496 e. The van der Waals surface area contributed by atoms with E-state index in [2.05, 4.69) is 48.8 Å². The summed E-state index contributed by atoms with van der Waals surface area (Å²) in [6.45, 7) is 6.51. The van der Waals surface area contributed by atoms with E-state index in [4.69, 9.17) is 4.74 Å². The first-order valence-corrected chi connectivity index (χ1v) is 5.67. The van der Waals surface area contributed by atoms with Crippen molar-refractivity contribution in [2.24, 2.45) is 5.92 Å². The van der Waals surface area contributed by atoms with Crippen LogP contribution in [0.4, 0.5) is 0 Å². The molecule has 2 heteroatoms. The first kappa shape index (κ1) is 11.6. The van der Waals surface area contributed by atoms with Crippen LogP contribution in [0.25, 0.3) is 0 Å². The maximum atomic E-state index is 5.36. The van der Waals surface area contributed by atoms with Crippen molar-refractivity contribution in [3.05, 3.63) is 27.7 Å². The fourth-order valence-electron chi connectivity index (χ4n) is 1.49. The highest BCUT2D eigenvalue weighted by Crippen LogP contribution is 2.28. The Morgan fingerprint density at radius 1 is 1.36 bits per heavy atom. The molecule has 0 aliphatic heterocycles. The molecule has 0 N–H and O–H groups in total. The first-order valence-electron chi connectivity index (χ1n) is 4.87. The summed E-state index contributed by atoms with van der Waals surface area (Å²) >= 11 is 3.54. The molecule has 0 radical (unpaired) electrons. The number of methoxy groups -OCH3 is 1. The third kappa shape index (κ3) is 2.74. The molecule has 1 aromatic carbocycles. The Morgan fingerprint density at radius 3 is 2.50 bits per heavy atom. The van der Waals surface area contributed by atoms with E-state index in [1.807, 2.05) is 0 Å². The zero-order valence-electron chi connectivity index (χ0n) is 9.23. The third-order valence-corrected chi connectivity index (χ3v) is 3.04. The van der Waals surface area contributed by atoms with E-state index < -0.39 is 0 Å². The van der Waals surface area contributed by atoms with Crippen molar-refractivity contribution in [2.75, 3.05) is 7.11 Å². The van der Waals surface area contributed by atoms with E-state index in [0.717, 1.165) is 16.6 Å². The van der Waals surface area contributed by atoms with Crippen molar-refractivity contribution in [2.45, 2.75) is 27.2 Å². The number of hydrogen-bond donors (Lipinski definition) is 0. The first-order chi connectivity index (χ1) is 6.54. The van der Waals surface area contributed by atoms with Gasteiger partial charge in [0.25, 0.3) is 0 Å². The SMILES string of the molecule is COc1cc(C)c(Br)cc1CC(C)C. The molecule has 0 unspecified atom stereocenters. The Labute approximate surface area is 94.6 Å². The van der Waals surface area contributed by atoms with Crippen LogP contribution in [0.3, 0.4) is 0 Å². The maximum Gasteiger partial charge on any atom is 0.122 e. The van der Waals surface area contributed by atoms with Gasteiger partial charge < -0.3 is 4.74 Å². The molecule has 1 nitrogen and oxygen atoms in total. The van der Waals surface area contributed by atoms with Crippen LogP contribution in [-0.2, 0) is 6.42 Å². The zero-order valence-corrected chi connectivity index (χ0v) is 10.8. The molecule has 0 atom stereocenters. The molecule has 0 saturated heterocycles. The lowest BCUT2D eigenvalue weighted by Gasteiger charge is -2.12. The lowest BCUT2D eigenvalue weighted by Crippen LogP contribution is -1.98. The van der Waals surface area contributed by atoms with Crippen LogP contribution in [0.2, 0.25) is 0 Å². The molecule has 0 amide bonds. The Morgan fingerprint density at radius 2 is 2.00 bits per heavy atom.